The normalized spacial score (nSPS) is 16.6. The van der Waals surface area contributed by atoms with Crippen molar-refractivity contribution in [2.45, 2.75) is 25.3 Å². The highest BCUT2D eigenvalue weighted by Crippen LogP contribution is 2.37. The van der Waals surface area contributed by atoms with Crippen LogP contribution in [0.4, 0.5) is 0 Å². The third-order valence-corrected chi connectivity index (χ3v) is 4.02. The maximum atomic E-state index is 12.5. The van der Waals surface area contributed by atoms with Gasteiger partial charge in [-0.15, -0.1) is 0 Å². The summed E-state index contributed by atoms with van der Waals surface area (Å²) in [5, 5.41) is 14.6. The second kappa shape index (κ2) is 7.21. The zero-order valence-electron chi connectivity index (χ0n) is 13.7. The van der Waals surface area contributed by atoms with Gasteiger partial charge < -0.3 is 14.3 Å². The number of carboxylic acid groups (broad SMARTS) is 1. The number of rotatable bonds is 6. The first-order chi connectivity index (χ1) is 12.1. The number of carbonyl (C=O) groups is 2. The van der Waals surface area contributed by atoms with E-state index >= 15 is 0 Å². The van der Waals surface area contributed by atoms with Crippen molar-refractivity contribution in [3.8, 4) is 5.75 Å². The fourth-order valence-corrected chi connectivity index (χ4v) is 2.84. The van der Waals surface area contributed by atoms with Gasteiger partial charge in [0.15, 0.2) is 0 Å². The van der Waals surface area contributed by atoms with E-state index in [1.165, 1.54) is 5.01 Å². The Balaban J connectivity index is 1.92. The van der Waals surface area contributed by atoms with Crippen LogP contribution in [0.5, 0.6) is 5.75 Å². The van der Waals surface area contributed by atoms with E-state index in [0.29, 0.717) is 23.6 Å². The van der Waals surface area contributed by atoms with E-state index in [0.717, 1.165) is 5.56 Å². The molecule has 0 saturated carbocycles. The minimum Gasteiger partial charge on any atom is -0.496 e. The van der Waals surface area contributed by atoms with Gasteiger partial charge in [-0.1, -0.05) is 18.2 Å². The van der Waals surface area contributed by atoms with E-state index in [-0.39, 0.29) is 24.8 Å². The standard InChI is InChI=1S/C18H18N2O5/c1-24-15-6-3-2-5-12(15)14-11-13(16-7-4-10-25-16)19-20(14)17(21)8-9-18(22)23/h2-7,10,14H,8-9,11H2,1H3,(H,22,23). The number of hydrazone groups is 1. The average Bonchev–Trinajstić information content (AvgIpc) is 3.28. The van der Waals surface area contributed by atoms with E-state index in [2.05, 4.69) is 5.10 Å². The van der Waals surface area contributed by atoms with Crippen molar-refractivity contribution in [3.63, 3.8) is 0 Å². The molecule has 1 aliphatic heterocycles. The van der Waals surface area contributed by atoms with Crippen molar-refractivity contribution in [3.05, 3.63) is 54.0 Å². The number of methoxy groups -OCH3 is 1. The van der Waals surface area contributed by atoms with E-state index in [4.69, 9.17) is 14.3 Å². The molecule has 1 N–H and O–H groups in total. The van der Waals surface area contributed by atoms with Crippen LogP contribution in [-0.2, 0) is 9.59 Å². The minimum absolute atomic E-state index is 0.115. The summed E-state index contributed by atoms with van der Waals surface area (Å²) in [4.78, 5) is 23.3. The number of hydrogen-bond acceptors (Lipinski definition) is 5. The van der Waals surface area contributed by atoms with Crippen LogP contribution in [0.25, 0.3) is 0 Å². The highest BCUT2D eigenvalue weighted by atomic mass is 16.5. The van der Waals surface area contributed by atoms with Gasteiger partial charge in [0, 0.05) is 18.4 Å². The molecule has 1 unspecified atom stereocenters. The molecule has 0 bridgehead atoms. The Morgan fingerprint density at radius 3 is 2.76 bits per heavy atom. The molecule has 0 radical (unpaired) electrons. The molecule has 7 nitrogen and oxygen atoms in total. The number of carboxylic acids is 1. The molecule has 0 saturated heterocycles. The number of benzene rings is 1. The smallest absolute Gasteiger partial charge is 0.303 e. The summed E-state index contributed by atoms with van der Waals surface area (Å²) in [6, 6.07) is 10.6. The Kier molecular flexibility index (Phi) is 4.83. The van der Waals surface area contributed by atoms with Gasteiger partial charge in [0.1, 0.15) is 17.2 Å². The van der Waals surface area contributed by atoms with Gasteiger partial charge in [-0.2, -0.15) is 5.10 Å². The molecule has 0 aliphatic carbocycles. The summed E-state index contributed by atoms with van der Waals surface area (Å²) in [6.07, 6.45) is 1.66. The van der Waals surface area contributed by atoms with Crippen molar-refractivity contribution in [2.24, 2.45) is 5.10 Å². The zero-order valence-corrected chi connectivity index (χ0v) is 13.7. The Hall–Kier alpha value is -3.09. The predicted octanol–water partition coefficient (Wildman–Crippen LogP) is 2.83. The first-order valence-electron chi connectivity index (χ1n) is 7.88. The zero-order chi connectivity index (χ0) is 17.8. The second-order valence-corrected chi connectivity index (χ2v) is 5.62. The molecule has 1 amide bonds. The molecular weight excluding hydrogens is 324 g/mol. The van der Waals surface area contributed by atoms with Crippen LogP contribution in [0.15, 0.2) is 52.2 Å². The lowest BCUT2D eigenvalue weighted by Gasteiger charge is -2.23. The van der Waals surface area contributed by atoms with Gasteiger partial charge in [-0.05, 0) is 18.2 Å². The van der Waals surface area contributed by atoms with Gasteiger partial charge in [0.2, 0.25) is 5.91 Å². The van der Waals surface area contributed by atoms with Gasteiger partial charge in [-0.3, -0.25) is 9.59 Å². The number of nitrogens with zero attached hydrogens (tertiary/aromatic N) is 2. The summed E-state index contributed by atoms with van der Waals surface area (Å²) in [7, 11) is 1.57. The molecule has 0 fully saturated rings. The Morgan fingerprint density at radius 1 is 1.28 bits per heavy atom. The quantitative estimate of drug-likeness (QED) is 0.871. The maximum absolute atomic E-state index is 12.5. The van der Waals surface area contributed by atoms with Crippen molar-refractivity contribution >= 4 is 17.6 Å². The Bertz CT molecular complexity index is 798. The third-order valence-electron chi connectivity index (χ3n) is 4.02. The lowest BCUT2D eigenvalue weighted by molar-refractivity contribution is -0.141. The molecule has 130 valence electrons. The second-order valence-electron chi connectivity index (χ2n) is 5.62. The van der Waals surface area contributed by atoms with Crippen LogP contribution in [0.2, 0.25) is 0 Å². The number of carbonyl (C=O) groups excluding carboxylic acids is 1. The first-order valence-corrected chi connectivity index (χ1v) is 7.88. The van der Waals surface area contributed by atoms with Gasteiger partial charge in [0.25, 0.3) is 0 Å². The summed E-state index contributed by atoms with van der Waals surface area (Å²) >= 11 is 0. The van der Waals surface area contributed by atoms with Crippen LogP contribution in [0.3, 0.4) is 0 Å². The highest BCUT2D eigenvalue weighted by molar-refractivity contribution is 6.01. The SMILES string of the molecule is COc1ccccc1C1CC(c2ccco2)=NN1C(=O)CCC(=O)O. The lowest BCUT2D eigenvalue weighted by atomic mass is 9.99. The van der Waals surface area contributed by atoms with Crippen molar-refractivity contribution < 1.29 is 23.8 Å². The lowest BCUT2D eigenvalue weighted by Crippen LogP contribution is -2.27. The van der Waals surface area contributed by atoms with E-state index in [1.54, 1.807) is 25.5 Å². The van der Waals surface area contributed by atoms with Crippen LogP contribution in [0, 0.1) is 0 Å². The largest absolute Gasteiger partial charge is 0.496 e. The topological polar surface area (TPSA) is 92.3 Å². The number of aliphatic carboxylic acids is 1. The highest BCUT2D eigenvalue weighted by Gasteiger charge is 2.35. The number of ether oxygens (including phenoxy) is 1. The van der Waals surface area contributed by atoms with E-state index in [9.17, 15) is 9.59 Å². The van der Waals surface area contributed by atoms with Gasteiger partial charge in [-0.25, -0.2) is 5.01 Å². The molecule has 7 heteroatoms. The van der Waals surface area contributed by atoms with Crippen molar-refractivity contribution in [1.82, 2.24) is 5.01 Å². The van der Waals surface area contributed by atoms with Crippen molar-refractivity contribution in [1.29, 1.82) is 0 Å². The predicted molar refractivity (Wildman–Crippen MR) is 89.3 cm³/mol. The maximum Gasteiger partial charge on any atom is 0.303 e. The molecule has 0 spiro atoms. The number of amides is 1. The van der Waals surface area contributed by atoms with Crippen LogP contribution in [-0.4, -0.2) is 34.8 Å². The molecule has 2 aromatic rings. The number of hydrogen-bond donors (Lipinski definition) is 1. The molecule has 1 aromatic carbocycles. The molecule has 1 aliphatic rings. The molecule has 1 aromatic heterocycles. The van der Waals surface area contributed by atoms with Gasteiger partial charge >= 0.3 is 5.97 Å². The summed E-state index contributed by atoms with van der Waals surface area (Å²) in [6.45, 7) is 0. The third kappa shape index (κ3) is 3.55. The van der Waals surface area contributed by atoms with E-state index in [1.807, 2.05) is 24.3 Å². The Labute approximate surface area is 144 Å². The first kappa shape index (κ1) is 16.8. The fourth-order valence-electron chi connectivity index (χ4n) is 2.84. The Morgan fingerprint density at radius 2 is 2.08 bits per heavy atom. The number of para-hydroxylation sites is 1. The molecule has 2 heterocycles. The van der Waals surface area contributed by atoms with Crippen LogP contribution in [0.1, 0.15) is 36.6 Å². The molecule has 25 heavy (non-hydrogen) atoms. The molecule has 3 rings (SSSR count). The average molecular weight is 342 g/mol. The summed E-state index contributed by atoms with van der Waals surface area (Å²) in [5.41, 5.74) is 1.46. The number of furan rings is 1. The van der Waals surface area contributed by atoms with Crippen LogP contribution >= 0.6 is 0 Å². The summed E-state index contributed by atoms with van der Waals surface area (Å²) < 4.78 is 10.8. The molecular formula is C18H18N2O5. The van der Waals surface area contributed by atoms with Crippen LogP contribution < -0.4 is 4.74 Å². The minimum atomic E-state index is -1.02. The van der Waals surface area contributed by atoms with Crippen molar-refractivity contribution in [2.75, 3.05) is 7.11 Å². The summed E-state index contributed by atoms with van der Waals surface area (Å²) in [5.74, 6) is -0.121. The fraction of sp³-hybridized carbons (Fsp3) is 0.278. The monoisotopic (exact) mass is 342 g/mol. The molecule has 1 atom stereocenters. The van der Waals surface area contributed by atoms with E-state index < -0.39 is 5.97 Å². The van der Waals surface area contributed by atoms with Gasteiger partial charge in [0.05, 0.1) is 25.8 Å².